The van der Waals surface area contributed by atoms with Gasteiger partial charge in [0.2, 0.25) is 0 Å². The van der Waals surface area contributed by atoms with Crippen molar-refractivity contribution in [2.75, 3.05) is 7.11 Å². The first-order valence-corrected chi connectivity index (χ1v) is 6.55. The minimum Gasteiger partial charge on any atom is -0.400 e. The minimum absolute atomic E-state index is 0.398. The van der Waals surface area contributed by atoms with Crippen LogP contribution in [0.4, 0.5) is 0 Å². The van der Waals surface area contributed by atoms with E-state index in [9.17, 15) is 4.79 Å². The van der Waals surface area contributed by atoms with Gasteiger partial charge in [-0.15, -0.1) is 0 Å². The Morgan fingerprint density at radius 3 is 1.41 bits per heavy atom. The zero-order valence-corrected chi connectivity index (χ0v) is 12.6. The van der Waals surface area contributed by atoms with E-state index in [-0.39, 0.29) is 0 Å². The van der Waals surface area contributed by atoms with Crippen LogP contribution in [0.25, 0.3) is 0 Å². The number of carbonyl (C=O) groups is 2. The molecule has 0 aliphatic heterocycles. The van der Waals surface area contributed by atoms with Crippen molar-refractivity contribution in [3.05, 3.63) is 0 Å². The number of ketones is 1. The zero-order valence-electron chi connectivity index (χ0n) is 12.6. The average molecular weight is 248 g/mol. The highest BCUT2D eigenvalue weighted by atomic mass is 16.2. The molecule has 0 aromatic rings. The molecule has 0 atom stereocenters. The van der Waals surface area contributed by atoms with E-state index in [1.807, 2.05) is 34.5 Å². The molecular formula is C14H32O3. The number of rotatable bonds is 1. The lowest BCUT2D eigenvalue weighted by atomic mass is 9.87. The van der Waals surface area contributed by atoms with Crippen molar-refractivity contribution in [3.63, 3.8) is 0 Å². The highest BCUT2D eigenvalue weighted by molar-refractivity contribution is 5.78. The second kappa shape index (κ2) is 29.5. The van der Waals surface area contributed by atoms with Gasteiger partial charge in [0.15, 0.2) is 0 Å². The van der Waals surface area contributed by atoms with E-state index in [0.717, 1.165) is 20.0 Å². The van der Waals surface area contributed by atoms with Gasteiger partial charge in [-0.3, -0.25) is 4.79 Å². The lowest BCUT2D eigenvalue weighted by molar-refractivity contribution is -0.121. The number of carbonyl (C=O) groups excluding carboxylic acids is 2. The summed E-state index contributed by atoms with van der Waals surface area (Å²) >= 11 is 0. The molecule has 0 saturated heterocycles. The third kappa shape index (κ3) is 21.2. The molecule has 1 fully saturated rings. The summed E-state index contributed by atoms with van der Waals surface area (Å²) in [5, 5.41) is 7.00. The molecule has 1 aliphatic carbocycles. The van der Waals surface area contributed by atoms with Gasteiger partial charge in [-0.1, -0.05) is 47.0 Å². The quantitative estimate of drug-likeness (QED) is 0.771. The molecule has 1 N–H and O–H groups in total. The Morgan fingerprint density at radius 2 is 1.24 bits per heavy atom. The van der Waals surface area contributed by atoms with Crippen molar-refractivity contribution in [3.8, 4) is 0 Å². The molecule has 0 aromatic heterocycles. The van der Waals surface area contributed by atoms with E-state index in [0.29, 0.717) is 11.7 Å². The second-order valence-electron chi connectivity index (χ2n) is 2.95. The Hall–Kier alpha value is -0.700. The molecule has 1 rings (SSSR count). The lowest BCUT2D eigenvalue weighted by Gasteiger charge is -2.17. The molecule has 106 valence electrons. The van der Waals surface area contributed by atoms with Gasteiger partial charge in [-0.2, -0.15) is 0 Å². The fourth-order valence-corrected chi connectivity index (χ4v) is 1.51. The Balaban J connectivity index is -0.0000000905. The maximum absolute atomic E-state index is 10.8. The Labute approximate surface area is 108 Å². The van der Waals surface area contributed by atoms with Crippen LogP contribution < -0.4 is 0 Å². The normalized spacial score (nSPS) is 12.9. The van der Waals surface area contributed by atoms with Crippen molar-refractivity contribution in [1.29, 1.82) is 0 Å². The molecule has 0 unspecified atom stereocenters. The largest absolute Gasteiger partial charge is 0.400 e. The first-order chi connectivity index (χ1) is 8.30. The minimum atomic E-state index is 0.398. The van der Waals surface area contributed by atoms with E-state index < -0.39 is 0 Å². The molecule has 17 heavy (non-hydrogen) atoms. The van der Waals surface area contributed by atoms with Crippen molar-refractivity contribution in [2.24, 2.45) is 5.92 Å². The van der Waals surface area contributed by atoms with Gasteiger partial charge in [0.1, 0.15) is 12.6 Å². The zero-order chi connectivity index (χ0) is 14.7. The van der Waals surface area contributed by atoms with Gasteiger partial charge < -0.3 is 9.90 Å². The van der Waals surface area contributed by atoms with Crippen LogP contribution in [0.3, 0.4) is 0 Å². The van der Waals surface area contributed by atoms with Gasteiger partial charge in [-0.05, 0) is 19.8 Å². The third-order valence-electron chi connectivity index (χ3n) is 2.18. The predicted molar refractivity (Wildman–Crippen MR) is 75.2 cm³/mol. The van der Waals surface area contributed by atoms with Gasteiger partial charge in [-0.25, -0.2) is 0 Å². The van der Waals surface area contributed by atoms with Crippen LogP contribution in [-0.2, 0) is 9.59 Å². The highest BCUT2D eigenvalue weighted by Gasteiger charge is 2.16. The Kier molecular flexibility index (Phi) is 43.8. The lowest BCUT2D eigenvalue weighted by Crippen LogP contribution is -2.13. The smallest absolute Gasteiger partial charge is 0.132 e. The van der Waals surface area contributed by atoms with Crippen LogP contribution in [0, 0.1) is 5.92 Å². The van der Waals surface area contributed by atoms with E-state index in [2.05, 4.69) is 0 Å². The van der Waals surface area contributed by atoms with Crippen LogP contribution in [0.5, 0.6) is 0 Å². The van der Waals surface area contributed by atoms with E-state index >= 15 is 0 Å². The summed E-state index contributed by atoms with van der Waals surface area (Å²) in [6, 6.07) is 0. The number of hydrogen-bond acceptors (Lipinski definition) is 3. The number of aliphatic hydroxyl groups is 1. The van der Waals surface area contributed by atoms with Crippen LogP contribution in [0.2, 0.25) is 0 Å². The molecule has 0 radical (unpaired) electrons. The van der Waals surface area contributed by atoms with Gasteiger partial charge in [0, 0.05) is 13.0 Å². The molecule has 0 bridgehead atoms. The second-order valence-corrected chi connectivity index (χ2v) is 2.95. The van der Waals surface area contributed by atoms with E-state index in [1.54, 1.807) is 6.92 Å². The Bertz CT molecular complexity index is 119. The molecule has 3 heteroatoms. The van der Waals surface area contributed by atoms with Crippen LogP contribution in [0.15, 0.2) is 0 Å². The topological polar surface area (TPSA) is 54.4 Å². The standard InChI is InChI=1S/C8H14O.2C2H6.CH4O.CH2O/c1-7(9)8-5-3-2-4-6-8;4*1-2/h8H,2-6H2,1H3;2*1-2H3;2H,1H3;1H2. The summed E-state index contributed by atoms with van der Waals surface area (Å²) in [6.45, 7) is 11.7. The fraction of sp³-hybridized carbons (Fsp3) is 0.857. The monoisotopic (exact) mass is 248 g/mol. The number of hydrogen-bond donors (Lipinski definition) is 1. The summed E-state index contributed by atoms with van der Waals surface area (Å²) < 4.78 is 0. The summed E-state index contributed by atoms with van der Waals surface area (Å²) in [5.41, 5.74) is 0. The SMILES string of the molecule is C=O.CC.CC.CC(=O)C1CCCCC1.CO. The summed E-state index contributed by atoms with van der Waals surface area (Å²) in [5.74, 6) is 0.813. The summed E-state index contributed by atoms with van der Waals surface area (Å²) in [4.78, 5) is 18.8. The van der Waals surface area contributed by atoms with Crippen LogP contribution in [0.1, 0.15) is 66.7 Å². The fourth-order valence-electron chi connectivity index (χ4n) is 1.51. The third-order valence-corrected chi connectivity index (χ3v) is 2.18. The first-order valence-electron chi connectivity index (χ1n) is 6.55. The predicted octanol–water partition coefficient (Wildman–Crippen LogP) is 3.63. The van der Waals surface area contributed by atoms with Crippen molar-refractivity contribution in [2.45, 2.75) is 66.7 Å². The van der Waals surface area contributed by atoms with Gasteiger partial charge in [0.05, 0.1) is 0 Å². The number of aliphatic hydroxyl groups excluding tert-OH is 1. The maximum Gasteiger partial charge on any atom is 0.132 e. The summed E-state index contributed by atoms with van der Waals surface area (Å²) in [7, 11) is 1.00. The molecule has 1 aliphatic rings. The molecule has 0 spiro atoms. The highest BCUT2D eigenvalue weighted by Crippen LogP contribution is 2.23. The van der Waals surface area contributed by atoms with Gasteiger partial charge >= 0.3 is 0 Å². The van der Waals surface area contributed by atoms with E-state index in [1.165, 1.54) is 19.3 Å². The molecular weight excluding hydrogens is 216 g/mol. The molecule has 0 amide bonds. The van der Waals surface area contributed by atoms with Crippen LogP contribution >= 0.6 is 0 Å². The first kappa shape index (κ1) is 25.2. The average Bonchev–Trinajstić information content (AvgIpc) is 2.48. The molecule has 1 saturated carbocycles. The van der Waals surface area contributed by atoms with Crippen molar-refractivity contribution < 1.29 is 14.7 Å². The number of Topliss-reactive ketones (excluding diaryl/α,β-unsaturated/α-hetero) is 1. The van der Waals surface area contributed by atoms with E-state index in [4.69, 9.17) is 9.90 Å². The molecule has 3 nitrogen and oxygen atoms in total. The van der Waals surface area contributed by atoms with Crippen molar-refractivity contribution >= 4 is 12.6 Å². The van der Waals surface area contributed by atoms with Gasteiger partial charge in [0.25, 0.3) is 0 Å². The summed E-state index contributed by atoms with van der Waals surface area (Å²) in [6.07, 6.45) is 6.17. The molecule has 0 aromatic carbocycles. The van der Waals surface area contributed by atoms with Crippen molar-refractivity contribution in [1.82, 2.24) is 0 Å². The molecule has 0 heterocycles. The van der Waals surface area contributed by atoms with Crippen LogP contribution in [-0.4, -0.2) is 24.8 Å². The Morgan fingerprint density at radius 1 is 0.941 bits per heavy atom. The maximum atomic E-state index is 10.8.